The van der Waals surface area contributed by atoms with Crippen LogP contribution in [0.2, 0.25) is 0 Å². The number of fused-ring (bicyclic) bond motifs is 3. The standard InChI is InChI=1S/C29H21NO2/c31-26-28-22-12-6-4-10-20(22)14-16-24(28)25-17-15-21-11-5-7-13-23(21)29(25,28)27(32)30(26)18-19-8-2-1-3-9-19/h1-17,24-25H,18H2/t24-,25+,28-,29+. The molecule has 2 spiro atoms. The summed E-state index contributed by atoms with van der Waals surface area (Å²) in [4.78, 5) is 30.4. The lowest BCUT2D eigenvalue weighted by molar-refractivity contribution is -0.141. The number of amides is 2. The molecular formula is C29H21NO2. The second-order valence-electron chi connectivity index (χ2n) is 9.24. The first-order valence-corrected chi connectivity index (χ1v) is 11.2. The van der Waals surface area contributed by atoms with Crippen LogP contribution in [0.5, 0.6) is 0 Å². The number of imide groups is 1. The number of hydrogen-bond donors (Lipinski definition) is 0. The highest BCUT2D eigenvalue weighted by Crippen LogP contribution is 2.74. The van der Waals surface area contributed by atoms with Crippen LogP contribution in [-0.2, 0) is 27.0 Å². The molecule has 0 bridgehead atoms. The van der Waals surface area contributed by atoms with Crippen LogP contribution < -0.4 is 0 Å². The summed E-state index contributed by atoms with van der Waals surface area (Å²) in [7, 11) is 0. The highest BCUT2D eigenvalue weighted by molar-refractivity contribution is 6.20. The molecule has 0 N–H and O–H groups in total. The minimum Gasteiger partial charge on any atom is -0.276 e. The summed E-state index contributed by atoms with van der Waals surface area (Å²) in [6, 6.07) is 26.0. The fraction of sp³-hybridized carbons (Fsp3) is 0.172. The van der Waals surface area contributed by atoms with Gasteiger partial charge in [0.2, 0.25) is 11.8 Å². The second-order valence-corrected chi connectivity index (χ2v) is 9.24. The van der Waals surface area contributed by atoms with Crippen molar-refractivity contribution >= 4 is 24.0 Å². The van der Waals surface area contributed by atoms with Gasteiger partial charge in [0.25, 0.3) is 0 Å². The van der Waals surface area contributed by atoms with Crippen molar-refractivity contribution in [3.8, 4) is 0 Å². The first-order chi connectivity index (χ1) is 15.7. The predicted octanol–water partition coefficient (Wildman–Crippen LogP) is 4.73. The van der Waals surface area contributed by atoms with Crippen molar-refractivity contribution in [3.05, 3.63) is 119 Å². The number of rotatable bonds is 2. The van der Waals surface area contributed by atoms with E-state index in [1.54, 1.807) is 0 Å². The lowest BCUT2D eigenvalue weighted by atomic mass is 9.33. The number of benzene rings is 3. The minimum atomic E-state index is -0.893. The third kappa shape index (κ3) is 1.77. The van der Waals surface area contributed by atoms with Crippen LogP contribution >= 0.6 is 0 Å². The molecule has 4 aliphatic rings. The topological polar surface area (TPSA) is 37.4 Å². The van der Waals surface area contributed by atoms with E-state index in [0.29, 0.717) is 6.54 Å². The zero-order valence-electron chi connectivity index (χ0n) is 17.4. The lowest BCUT2D eigenvalue weighted by Gasteiger charge is -2.64. The van der Waals surface area contributed by atoms with Crippen LogP contribution in [0.1, 0.15) is 27.8 Å². The third-order valence-corrected chi connectivity index (χ3v) is 8.09. The first kappa shape index (κ1) is 17.9. The van der Waals surface area contributed by atoms with Gasteiger partial charge < -0.3 is 0 Å². The van der Waals surface area contributed by atoms with Gasteiger partial charge in [-0.15, -0.1) is 0 Å². The highest BCUT2D eigenvalue weighted by Gasteiger charge is 2.84. The number of carbonyl (C=O) groups is 2. The quantitative estimate of drug-likeness (QED) is 0.568. The molecule has 4 atom stereocenters. The number of hydrogen-bond acceptors (Lipinski definition) is 2. The molecule has 0 unspecified atom stereocenters. The van der Waals surface area contributed by atoms with E-state index in [0.717, 1.165) is 27.8 Å². The van der Waals surface area contributed by atoms with Crippen molar-refractivity contribution < 1.29 is 9.59 Å². The van der Waals surface area contributed by atoms with Gasteiger partial charge in [0, 0.05) is 11.8 Å². The van der Waals surface area contributed by atoms with Crippen LogP contribution in [0.25, 0.3) is 12.2 Å². The maximum Gasteiger partial charge on any atom is 0.242 e. The van der Waals surface area contributed by atoms with Crippen molar-refractivity contribution in [1.82, 2.24) is 4.90 Å². The van der Waals surface area contributed by atoms with Gasteiger partial charge >= 0.3 is 0 Å². The molecule has 0 aromatic heterocycles. The van der Waals surface area contributed by atoms with Gasteiger partial charge in [-0.1, -0.05) is 103 Å². The average molecular weight is 415 g/mol. The van der Waals surface area contributed by atoms with E-state index < -0.39 is 10.8 Å². The molecule has 3 nitrogen and oxygen atoms in total. The zero-order chi connectivity index (χ0) is 21.5. The van der Waals surface area contributed by atoms with Crippen LogP contribution in [-0.4, -0.2) is 16.7 Å². The summed E-state index contributed by atoms with van der Waals surface area (Å²) in [6.07, 6.45) is 8.59. The Labute approximate surface area is 186 Å². The van der Waals surface area contributed by atoms with Gasteiger partial charge in [-0.25, -0.2) is 0 Å². The van der Waals surface area contributed by atoms with E-state index in [4.69, 9.17) is 0 Å². The summed E-state index contributed by atoms with van der Waals surface area (Å²) >= 11 is 0. The average Bonchev–Trinajstić information content (AvgIpc) is 2.96. The molecule has 2 amide bonds. The Balaban J connectivity index is 1.53. The normalized spacial score (nSPS) is 30.7. The van der Waals surface area contributed by atoms with Crippen molar-refractivity contribution in [2.45, 2.75) is 17.4 Å². The summed E-state index contributed by atoms with van der Waals surface area (Å²) < 4.78 is 0. The lowest BCUT2D eigenvalue weighted by Crippen LogP contribution is -2.73. The minimum absolute atomic E-state index is 0.0285. The van der Waals surface area contributed by atoms with E-state index in [2.05, 4.69) is 48.6 Å². The van der Waals surface area contributed by atoms with Gasteiger partial charge in [-0.2, -0.15) is 0 Å². The van der Waals surface area contributed by atoms with Gasteiger partial charge in [0.15, 0.2) is 0 Å². The SMILES string of the molecule is O=C1N(Cc2ccccc2)C(=O)[C@@]23c4ccccc4C=C[C@@H]2[C@@H]2C=Cc4ccccc4[C@@]123. The Hall–Kier alpha value is -3.72. The second kappa shape index (κ2) is 5.95. The van der Waals surface area contributed by atoms with Crippen LogP contribution in [0.3, 0.4) is 0 Å². The smallest absolute Gasteiger partial charge is 0.242 e. The molecule has 32 heavy (non-hydrogen) atoms. The molecule has 1 heterocycles. The predicted molar refractivity (Wildman–Crippen MR) is 123 cm³/mol. The molecule has 0 radical (unpaired) electrons. The van der Waals surface area contributed by atoms with Gasteiger partial charge in [0.05, 0.1) is 6.54 Å². The third-order valence-electron chi connectivity index (χ3n) is 8.09. The molecule has 154 valence electrons. The van der Waals surface area contributed by atoms with Crippen molar-refractivity contribution in [2.75, 3.05) is 0 Å². The summed E-state index contributed by atoms with van der Waals surface area (Å²) in [5, 5.41) is 0. The molecule has 1 saturated carbocycles. The van der Waals surface area contributed by atoms with Crippen molar-refractivity contribution in [3.63, 3.8) is 0 Å². The molecule has 3 aromatic carbocycles. The highest BCUT2D eigenvalue weighted by atomic mass is 16.2. The molecular weight excluding hydrogens is 394 g/mol. The fourth-order valence-electron chi connectivity index (χ4n) is 6.98. The Morgan fingerprint density at radius 2 is 1.09 bits per heavy atom. The van der Waals surface area contributed by atoms with Gasteiger partial charge in [0.1, 0.15) is 10.8 Å². The first-order valence-electron chi connectivity index (χ1n) is 11.2. The van der Waals surface area contributed by atoms with Crippen molar-refractivity contribution in [2.24, 2.45) is 11.8 Å². The monoisotopic (exact) mass is 415 g/mol. The van der Waals surface area contributed by atoms with E-state index in [1.165, 1.54) is 4.90 Å². The molecule has 2 fully saturated rings. The van der Waals surface area contributed by atoms with Crippen LogP contribution in [0, 0.1) is 11.8 Å². The van der Waals surface area contributed by atoms with Gasteiger partial charge in [-0.3, -0.25) is 14.5 Å². The van der Waals surface area contributed by atoms with Crippen LogP contribution in [0.15, 0.2) is 91.0 Å². The fourth-order valence-corrected chi connectivity index (χ4v) is 6.98. The molecule has 3 aliphatic carbocycles. The Morgan fingerprint density at radius 3 is 1.62 bits per heavy atom. The van der Waals surface area contributed by atoms with E-state index in [-0.39, 0.29) is 23.7 Å². The zero-order valence-corrected chi connectivity index (χ0v) is 17.4. The summed E-state index contributed by atoms with van der Waals surface area (Å²) in [5.74, 6) is -0.178. The molecule has 7 rings (SSSR count). The Kier molecular flexibility index (Phi) is 3.33. The Bertz CT molecular complexity index is 1290. The summed E-state index contributed by atoms with van der Waals surface area (Å²) in [6.45, 7) is 0.305. The largest absolute Gasteiger partial charge is 0.276 e. The van der Waals surface area contributed by atoms with E-state index >= 15 is 0 Å². The van der Waals surface area contributed by atoms with Crippen molar-refractivity contribution in [1.29, 1.82) is 0 Å². The number of nitrogens with zero attached hydrogens (tertiary/aromatic N) is 1. The number of allylic oxidation sites excluding steroid dienone is 2. The van der Waals surface area contributed by atoms with Gasteiger partial charge in [-0.05, 0) is 27.8 Å². The number of carbonyl (C=O) groups excluding carboxylic acids is 2. The molecule has 1 aliphatic heterocycles. The molecule has 3 aromatic rings. The summed E-state index contributed by atoms with van der Waals surface area (Å²) in [5.41, 5.74) is 3.24. The number of likely N-dealkylation sites (tertiary alicyclic amines) is 1. The van der Waals surface area contributed by atoms with E-state index in [1.807, 2.05) is 54.6 Å². The van der Waals surface area contributed by atoms with E-state index in [9.17, 15) is 9.59 Å². The molecule has 1 saturated heterocycles. The maximum absolute atomic E-state index is 14.4. The molecule has 3 heteroatoms. The van der Waals surface area contributed by atoms with Crippen LogP contribution in [0.4, 0.5) is 0 Å². The maximum atomic E-state index is 14.4. The Morgan fingerprint density at radius 1 is 0.625 bits per heavy atom.